The molecule has 0 aliphatic carbocycles. The van der Waals surface area contributed by atoms with E-state index in [4.69, 9.17) is 10.1 Å². The molecule has 178 valence electrons. The van der Waals surface area contributed by atoms with Gasteiger partial charge in [0.15, 0.2) is 5.13 Å². The SMILES string of the molecule is C=S(N)(=O)c1cccc(-c2cccc3sc(NC4CCN(CCF)CC4)nc23)c1-c1nn[nH]n1. The van der Waals surface area contributed by atoms with Crippen LogP contribution in [0.15, 0.2) is 41.3 Å². The monoisotopic (exact) mass is 500 g/mol. The third-order valence-electron chi connectivity index (χ3n) is 5.99. The number of anilines is 1. The van der Waals surface area contributed by atoms with E-state index in [2.05, 4.69) is 36.7 Å². The lowest BCUT2D eigenvalue weighted by molar-refractivity contribution is 0.203. The van der Waals surface area contributed by atoms with E-state index >= 15 is 0 Å². The summed E-state index contributed by atoms with van der Waals surface area (Å²) in [6, 6.07) is 11.6. The van der Waals surface area contributed by atoms with Crippen LogP contribution >= 0.6 is 11.3 Å². The Hall–Kier alpha value is -2.93. The fourth-order valence-electron chi connectivity index (χ4n) is 4.36. The van der Waals surface area contributed by atoms with Crippen LogP contribution in [-0.4, -0.2) is 72.9 Å². The van der Waals surface area contributed by atoms with Gasteiger partial charge in [-0.05, 0) is 41.6 Å². The van der Waals surface area contributed by atoms with E-state index in [-0.39, 0.29) is 12.5 Å². The van der Waals surface area contributed by atoms with Crippen molar-refractivity contribution in [2.24, 2.45) is 5.14 Å². The predicted molar refractivity (Wildman–Crippen MR) is 135 cm³/mol. The van der Waals surface area contributed by atoms with Crippen molar-refractivity contribution < 1.29 is 8.60 Å². The van der Waals surface area contributed by atoms with E-state index in [1.807, 2.05) is 24.3 Å². The highest BCUT2D eigenvalue weighted by Gasteiger charge is 2.23. The van der Waals surface area contributed by atoms with Gasteiger partial charge in [-0.2, -0.15) is 5.21 Å². The highest BCUT2D eigenvalue weighted by molar-refractivity contribution is 7.98. The number of likely N-dealkylation sites (tertiary alicyclic amines) is 1. The van der Waals surface area contributed by atoms with E-state index in [9.17, 15) is 8.60 Å². The van der Waals surface area contributed by atoms with Gasteiger partial charge in [-0.25, -0.2) is 13.6 Å². The van der Waals surface area contributed by atoms with Crippen LogP contribution in [0.1, 0.15) is 12.8 Å². The van der Waals surface area contributed by atoms with Crippen molar-refractivity contribution in [3.05, 3.63) is 36.4 Å². The van der Waals surface area contributed by atoms with E-state index < -0.39 is 9.71 Å². The Morgan fingerprint density at radius 1 is 1.24 bits per heavy atom. The highest BCUT2D eigenvalue weighted by atomic mass is 32.2. The molecule has 1 unspecified atom stereocenters. The van der Waals surface area contributed by atoms with E-state index in [1.165, 1.54) is 0 Å². The molecule has 2 aromatic heterocycles. The van der Waals surface area contributed by atoms with Gasteiger partial charge in [0.05, 0.1) is 24.8 Å². The molecule has 9 nitrogen and oxygen atoms in total. The number of hydrogen-bond donors (Lipinski definition) is 3. The summed E-state index contributed by atoms with van der Waals surface area (Å²) in [7, 11) is -3.05. The Balaban J connectivity index is 1.53. The van der Waals surface area contributed by atoms with Crippen LogP contribution in [0.25, 0.3) is 32.7 Å². The van der Waals surface area contributed by atoms with Crippen LogP contribution in [0, 0.1) is 0 Å². The van der Waals surface area contributed by atoms with Crippen molar-refractivity contribution in [1.82, 2.24) is 30.5 Å². The minimum absolute atomic E-state index is 0.290. The molecule has 0 bridgehead atoms. The lowest BCUT2D eigenvalue weighted by Crippen LogP contribution is -2.39. The van der Waals surface area contributed by atoms with Gasteiger partial charge >= 0.3 is 0 Å². The standard InChI is InChI=1S/C22H25FN8OS2/c1-34(24,32)18-7-3-4-15(19(18)21-27-29-30-28-21)16-5-2-6-17-20(16)26-22(33-17)25-14-8-11-31(12-9-14)13-10-23/h2-7,14H,1,8-13H2,(H2,24,32)(H,25,26)(H,27,28,29,30). The lowest BCUT2D eigenvalue weighted by Gasteiger charge is -2.31. The Morgan fingerprint density at radius 2 is 2.00 bits per heavy atom. The molecule has 1 atom stereocenters. The zero-order valence-corrected chi connectivity index (χ0v) is 20.0. The molecule has 4 aromatic rings. The molecule has 2 aromatic carbocycles. The van der Waals surface area contributed by atoms with Gasteiger partial charge in [-0.1, -0.05) is 35.6 Å². The number of hydrogen-bond acceptors (Lipinski definition) is 8. The predicted octanol–water partition coefficient (Wildman–Crippen LogP) is 2.94. The van der Waals surface area contributed by atoms with Gasteiger partial charge in [0.25, 0.3) is 0 Å². The smallest absolute Gasteiger partial charge is 0.206 e. The zero-order chi connectivity index (χ0) is 23.7. The molecule has 0 spiro atoms. The first-order chi connectivity index (χ1) is 16.4. The molecule has 5 rings (SSSR count). The van der Waals surface area contributed by atoms with Crippen molar-refractivity contribution in [2.75, 3.05) is 31.6 Å². The number of alkyl halides is 1. The summed E-state index contributed by atoms with van der Waals surface area (Å²) in [6.07, 6.45) is 1.89. The molecule has 4 N–H and O–H groups in total. The van der Waals surface area contributed by atoms with Gasteiger partial charge < -0.3 is 10.2 Å². The molecule has 0 saturated carbocycles. The summed E-state index contributed by atoms with van der Waals surface area (Å²) in [4.78, 5) is 7.41. The summed E-state index contributed by atoms with van der Waals surface area (Å²) >= 11 is 1.58. The fraction of sp³-hybridized carbons (Fsp3) is 0.318. The van der Waals surface area contributed by atoms with E-state index in [1.54, 1.807) is 23.5 Å². The Labute approximate surface area is 200 Å². The van der Waals surface area contributed by atoms with Gasteiger partial charge in [-0.3, -0.25) is 5.14 Å². The van der Waals surface area contributed by atoms with Crippen molar-refractivity contribution in [2.45, 2.75) is 23.8 Å². The number of rotatable bonds is 7. The lowest BCUT2D eigenvalue weighted by atomic mass is 9.98. The fourth-order valence-corrected chi connectivity index (χ4v) is 6.19. The van der Waals surface area contributed by atoms with Crippen molar-refractivity contribution in [1.29, 1.82) is 0 Å². The molecule has 1 fully saturated rings. The molecular weight excluding hydrogens is 475 g/mol. The summed E-state index contributed by atoms with van der Waals surface area (Å²) < 4.78 is 26.4. The number of piperidine rings is 1. The quantitative estimate of drug-likeness (QED) is 0.333. The summed E-state index contributed by atoms with van der Waals surface area (Å²) in [6.45, 7) is 1.95. The zero-order valence-electron chi connectivity index (χ0n) is 18.4. The number of tetrazole rings is 1. The summed E-state index contributed by atoms with van der Waals surface area (Å²) in [5.74, 6) is 3.96. The number of nitrogens with zero attached hydrogens (tertiary/aromatic N) is 5. The average molecular weight is 501 g/mol. The molecule has 0 radical (unpaired) electrons. The highest BCUT2D eigenvalue weighted by Crippen LogP contribution is 2.40. The van der Waals surface area contributed by atoms with E-state index in [0.717, 1.165) is 52.4 Å². The minimum Gasteiger partial charge on any atom is -0.359 e. The average Bonchev–Trinajstić information content (AvgIpc) is 3.49. The first-order valence-corrected chi connectivity index (χ1v) is 13.5. The number of aromatic amines is 1. The van der Waals surface area contributed by atoms with Crippen LogP contribution in [-0.2, 0) is 9.71 Å². The number of fused-ring (bicyclic) bond motifs is 1. The van der Waals surface area contributed by atoms with Crippen LogP contribution < -0.4 is 10.5 Å². The molecule has 0 amide bonds. The first-order valence-electron chi connectivity index (χ1n) is 10.9. The second-order valence-corrected chi connectivity index (χ2v) is 11.2. The van der Waals surface area contributed by atoms with Crippen molar-refractivity contribution in [3.63, 3.8) is 0 Å². The first kappa shape index (κ1) is 22.8. The number of nitrogens with one attached hydrogen (secondary N) is 2. The van der Waals surface area contributed by atoms with Gasteiger partial charge in [0, 0.05) is 36.8 Å². The van der Waals surface area contributed by atoms with Gasteiger partial charge in [0.1, 0.15) is 6.67 Å². The number of benzene rings is 2. The van der Waals surface area contributed by atoms with Gasteiger partial charge in [0.2, 0.25) is 5.82 Å². The molecular formula is C22H25FN8OS2. The summed E-state index contributed by atoms with van der Waals surface area (Å²) in [5, 5.41) is 24.7. The molecule has 34 heavy (non-hydrogen) atoms. The second-order valence-electron chi connectivity index (χ2n) is 8.26. The van der Waals surface area contributed by atoms with Crippen LogP contribution in [0.3, 0.4) is 0 Å². The summed E-state index contributed by atoms with van der Waals surface area (Å²) in [5.41, 5.74) is 2.95. The Morgan fingerprint density at radius 3 is 2.71 bits per heavy atom. The topological polar surface area (TPSA) is 126 Å². The van der Waals surface area contributed by atoms with Gasteiger partial charge in [-0.15, -0.1) is 10.2 Å². The normalized spacial score (nSPS) is 17.1. The van der Waals surface area contributed by atoms with Crippen molar-refractivity contribution >= 4 is 42.3 Å². The number of para-hydroxylation sites is 1. The van der Waals surface area contributed by atoms with Crippen LogP contribution in [0.2, 0.25) is 0 Å². The van der Waals surface area contributed by atoms with Crippen LogP contribution in [0.4, 0.5) is 9.52 Å². The molecule has 1 saturated heterocycles. The third-order valence-corrected chi connectivity index (χ3v) is 8.03. The largest absolute Gasteiger partial charge is 0.359 e. The number of halogens is 1. The van der Waals surface area contributed by atoms with E-state index in [0.29, 0.717) is 23.0 Å². The number of nitrogens with two attached hydrogens (primary N) is 1. The maximum absolute atomic E-state index is 12.8. The third kappa shape index (κ3) is 4.53. The number of aromatic nitrogens is 5. The Kier molecular flexibility index (Phi) is 6.30. The molecule has 12 heteroatoms. The second kappa shape index (κ2) is 9.37. The van der Waals surface area contributed by atoms with Crippen LogP contribution in [0.5, 0.6) is 0 Å². The molecule has 1 aliphatic rings. The molecule has 3 heterocycles. The maximum atomic E-state index is 12.8. The maximum Gasteiger partial charge on any atom is 0.206 e. The van der Waals surface area contributed by atoms with Crippen molar-refractivity contribution in [3.8, 4) is 22.5 Å². The molecule has 1 aliphatic heterocycles. The Bertz CT molecular complexity index is 1400. The number of H-pyrrole nitrogens is 1. The number of thiazole rings is 1. The minimum atomic E-state index is -3.05.